The molecule has 1 amide bonds. The van der Waals surface area contributed by atoms with Crippen molar-refractivity contribution >= 4 is 11.6 Å². The van der Waals surface area contributed by atoms with Gasteiger partial charge in [0.25, 0.3) is 0 Å². The van der Waals surface area contributed by atoms with Crippen LogP contribution in [0.3, 0.4) is 0 Å². The predicted octanol–water partition coefficient (Wildman–Crippen LogP) is 3.13. The summed E-state index contributed by atoms with van der Waals surface area (Å²) in [5.74, 6) is 0.0968. The minimum absolute atomic E-state index is 0.196. The lowest BCUT2D eigenvalue weighted by Crippen LogP contribution is -2.48. The van der Waals surface area contributed by atoms with E-state index in [0.29, 0.717) is 18.5 Å². The second-order valence-electron chi connectivity index (χ2n) is 7.24. The number of rotatable bonds is 4. The smallest absolute Gasteiger partial charge is 0.236 e. The van der Waals surface area contributed by atoms with E-state index in [-0.39, 0.29) is 5.82 Å². The Morgan fingerprint density at radius 2 is 1.84 bits per heavy atom. The van der Waals surface area contributed by atoms with Gasteiger partial charge in [0.1, 0.15) is 5.82 Å². The van der Waals surface area contributed by atoms with Crippen LogP contribution in [-0.2, 0) is 4.79 Å². The average molecular weight is 347 g/mol. The van der Waals surface area contributed by atoms with E-state index < -0.39 is 0 Å². The van der Waals surface area contributed by atoms with E-state index in [4.69, 9.17) is 0 Å². The van der Waals surface area contributed by atoms with Crippen molar-refractivity contribution in [3.63, 3.8) is 0 Å². The standard InChI is InChI=1S/C20H30FN3O/c1-2-18-6-3-4-13-24(18)20(25)16-22-11-5-12-23(15-14-22)19-9-7-17(21)8-10-19/h7-10,18H,2-6,11-16H2,1H3. The molecule has 138 valence electrons. The van der Waals surface area contributed by atoms with E-state index in [1.807, 2.05) is 12.1 Å². The summed E-state index contributed by atoms with van der Waals surface area (Å²) >= 11 is 0. The molecule has 0 aliphatic carbocycles. The first-order chi connectivity index (χ1) is 12.2. The van der Waals surface area contributed by atoms with Gasteiger partial charge in [-0.1, -0.05) is 6.92 Å². The van der Waals surface area contributed by atoms with Crippen molar-refractivity contribution in [1.29, 1.82) is 0 Å². The molecular formula is C20H30FN3O. The van der Waals surface area contributed by atoms with Crippen LogP contribution in [0, 0.1) is 5.82 Å². The maximum Gasteiger partial charge on any atom is 0.236 e. The zero-order chi connectivity index (χ0) is 17.6. The van der Waals surface area contributed by atoms with Gasteiger partial charge in [-0.3, -0.25) is 9.69 Å². The maximum atomic E-state index is 13.1. The first-order valence-corrected chi connectivity index (χ1v) is 9.69. The minimum Gasteiger partial charge on any atom is -0.370 e. The number of hydrogen-bond donors (Lipinski definition) is 0. The van der Waals surface area contributed by atoms with Crippen LogP contribution in [0.5, 0.6) is 0 Å². The van der Waals surface area contributed by atoms with Crippen LogP contribution >= 0.6 is 0 Å². The molecule has 0 spiro atoms. The topological polar surface area (TPSA) is 26.8 Å². The SMILES string of the molecule is CCC1CCCCN1C(=O)CN1CCCN(c2ccc(F)cc2)CC1. The van der Waals surface area contributed by atoms with E-state index in [1.165, 1.54) is 18.6 Å². The molecule has 2 aliphatic heterocycles. The van der Waals surface area contributed by atoms with E-state index in [9.17, 15) is 9.18 Å². The van der Waals surface area contributed by atoms with Crippen LogP contribution in [0.2, 0.25) is 0 Å². The van der Waals surface area contributed by atoms with Gasteiger partial charge in [0.2, 0.25) is 5.91 Å². The number of nitrogens with zero attached hydrogens (tertiary/aromatic N) is 3. The predicted molar refractivity (Wildman–Crippen MR) is 99.3 cm³/mol. The molecule has 2 fully saturated rings. The number of halogens is 1. The fourth-order valence-corrected chi connectivity index (χ4v) is 4.07. The van der Waals surface area contributed by atoms with Crippen molar-refractivity contribution in [1.82, 2.24) is 9.80 Å². The lowest BCUT2D eigenvalue weighted by molar-refractivity contribution is -0.136. The number of piperidine rings is 1. The number of likely N-dealkylation sites (tertiary alicyclic amines) is 1. The van der Waals surface area contributed by atoms with Crippen molar-refractivity contribution in [3.8, 4) is 0 Å². The summed E-state index contributed by atoms with van der Waals surface area (Å²) in [6, 6.07) is 7.15. The number of carbonyl (C=O) groups is 1. The molecular weight excluding hydrogens is 317 g/mol. The Labute approximate surface area is 150 Å². The van der Waals surface area contributed by atoms with Crippen LogP contribution < -0.4 is 4.90 Å². The maximum absolute atomic E-state index is 13.1. The molecule has 2 heterocycles. The molecule has 2 aliphatic rings. The van der Waals surface area contributed by atoms with E-state index >= 15 is 0 Å². The monoisotopic (exact) mass is 347 g/mol. The largest absolute Gasteiger partial charge is 0.370 e. The molecule has 1 unspecified atom stereocenters. The Morgan fingerprint density at radius 3 is 2.60 bits per heavy atom. The normalized spacial score (nSPS) is 22.7. The molecule has 1 aromatic carbocycles. The quantitative estimate of drug-likeness (QED) is 0.837. The van der Waals surface area contributed by atoms with Crippen LogP contribution in [0.1, 0.15) is 39.0 Å². The summed E-state index contributed by atoms with van der Waals surface area (Å²) in [4.78, 5) is 19.5. The average Bonchev–Trinajstić information content (AvgIpc) is 2.88. The summed E-state index contributed by atoms with van der Waals surface area (Å²) in [6.45, 7) is 7.32. The molecule has 2 saturated heterocycles. The zero-order valence-corrected chi connectivity index (χ0v) is 15.3. The molecule has 3 rings (SSSR count). The molecule has 1 aromatic rings. The van der Waals surface area contributed by atoms with Gasteiger partial charge in [0.15, 0.2) is 0 Å². The Kier molecular flexibility index (Phi) is 6.29. The summed E-state index contributed by atoms with van der Waals surface area (Å²) in [6.07, 6.45) is 5.63. The third-order valence-corrected chi connectivity index (χ3v) is 5.56. The number of amides is 1. The lowest BCUT2D eigenvalue weighted by Gasteiger charge is -2.36. The van der Waals surface area contributed by atoms with Crippen molar-refractivity contribution in [2.75, 3.05) is 44.2 Å². The van der Waals surface area contributed by atoms with Gasteiger partial charge in [0.05, 0.1) is 6.54 Å². The Balaban J connectivity index is 1.54. The number of benzene rings is 1. The van der Waals surface area contributed by atoms with Crippen LogP contribution in [-0.4, -0.2) is 61.0 Å². The van der Waals surface area contributed by atoms with Crippen LogP contribution in [0.25, 0.3) is 0 Å². The molecule has 0 saturated carbocycles. The van der Waals surface area contributed by atoms with Gasteiger partial charge in [0, 0.05) is 44.5 Å². The number of anilines is 1. The fraction of sp³-hybridized carbons (Fsp3) is 0.650. The molecule has 0 radical (unpaired) electrons. The summed E-state index contributed by atoms with van der Waals surface area (Å²) in [5, 5.41) is 0. The highest BCUT2D eigenvalue weighted by atomic mass is 19.1. The highest BCUT2D eigenvalue weighted by Gasteiger charge is 2.27. The minimum atomic E-state index is -0.196. The third kappa shape index (κ3) is 4.72. The third-order valence-electron chi connectivity index (χ3n) is 5.56. The Bertz CT molecular complexity index is 563. The van der Waals surface area contributed by atoms with Crippen LogP contribution in [0.15, 0.2) is 24.3 Å². The van der Waals surface area contributed by atoms with Gasteiger partial charge in [-0.05, 0) is 56.4 Å². The fourth-order valence-electron chi connectivity index (χ4n) is 4.07. The molecule has 5 heteroatoms. The molecule has 0 bridgehead atoms. The number of hydrogen-bond acceptors (Lipinski definition) is 3. The number of carbonyl (C=O) groups excluding carboxylic acids is 1. The Hall–Kier alpha value is -1.62. The van der Waals surface area contributed by atoms with Gasteiger partial charge in [-0.2, -0.15) is 0 Å². The second kappa shape index (κ2) is 8.65. The molecule has 1 atom stereocenters. The van der Waals surface area contributed by atoms with E-state index in [0.717, 1.165) is 64.1 Å². The van der Waals surface area contributed by atoms with E-state index in [2.05, 4.69) is 21.6 Å². The molecule has 0 aromatic heterocycles. The molecule has 4 nitrogen and oxygen atoms in total. The molecule has 25 heavy (non-hydrogen) atoms. The summed E-state index contributed by atoms with van der Waals surface area (Å²) in [7, 11) is 0. The summed E-state index contributed by atoms with van der Waals surface area (Å²) in [5.41, 5.74) is 1.07. The van der Waals surface area contributed by atoms with Crippen molar-refractivity contribution in [2.24, 2.45) is 0 Å². The van der Waals surface area contributed by atoms with E-state index in [1.54, 1.807) is 0 Å². The van der Waals surface area contributed by atoms with Crippen molar-refractivity contribution < 1.29 is 9.18 Å². The van der Waals surface area contributed by atoms with Crippen LogP contribution in [0.4, 0.5) is 10.1 Å². The second-order valence-corrected chi connectivity index (χ2v) is 7.24. The van der Waals surface area contributed by atoms with Crippen molar-refractivity contribution in [2.45, 2.75) is 45.1 Å². The first-order valence-electron chi connectivity index (χ1n) is 9.69. The van der Waals surface area contributed by atoms with Crippen molar-refractivity contribution in [3.05, 3.63) is 30.1 Å². The van der Waals surface area contributed by atoms with Gasteiger partial charge < -0.3 is 9.80 Å². The Morgan fingerprint density at radius 1 is 1.04 bits per heavy atom. The van der Waals surface area contributed by atoms with Gasteiger partial charge in [-0.15, -0.1) is 0 Å². The summed E-state index contributed by atoms with van der Waals surface area (Å²) < 4.78 is 13.1. The highest BCUT2D eigenvalue weighted by molar-refractivity contribution is 5.78. The highest BCUT2D eigenvalue weighted by Crippen LogP contribution is 2.20. The first kappa shape index (κ1) is 18.2. The zero-order valence-electron chi connectivity index (χ0n) is 15.3. The lowest BCUT2D eigenvalue weighted by atomic mass is 10.00. The van der Waals surface area contributed by atoms with Gasteiger partial charge in [-0.25, -0.2) is 4.39 Å². The van der Waals surface area contributed by atoms with Gasteiger partial charge >= 0.3 is 0 Å². The molecule has 0 N–H and O–H groups in total.